The van der Waals surface area contributed by atoms with Gasteiger partial charge in [0.1, 0.15) is 0 Å². The molecule has 0 aromatic heterocycles. The number of halogens is 2. The van der Waals surface area contributed by atoms with Gasteiger partial charge in [-0.25, -0.2) is 0 Å². The van der Waals surface area contributed by atoms with Crippen molar-refractivity contribution in [2.24, 2.45) is 5.92 Å². The number of nitrogens with one attached hydrogen (secondary N) is 1. The Kier molecular flexibility index (Phi) is 4.42. The molecule has 1 aromatic rings. The van der Waals surface area contributed by atoms with Crippen molar-refractivity contribution in [1.29, 1.82) is 0 Å². The number of anilines is 1. The number of hydrogen-bond donors (Lipinski definition) is 1. The molecule has 1 aliphatic heterocycles. The van der Waals surface area contributed by atoms with Crippen molar-refractivity contribution in [2.75, 3.05) is 18.5 Å². The van der Waals surface area contributed by atoms with Crippen molar-refractivity contribution in [1.82, 2.24) is 0 Å². The van der Waals surface area contributed by atoms with Gasteiger partial charge in [-0.3, -0.25) is 4.79 Å². The van der Waals surface area contributed by atoms with Gasteiger partial charge in [-0.2, -0.15) is 0 Å². The van der Waals surface area contributed by atoms with E-state index in [9.17, 15) is 4.79 Å². The highest BCUT2D eigenvalue weighted by atomic mass is 79.9. The molecule has 1 saturated heterocycles. The van der Waals surface area contributed by atoms with Crippen molar-refractivity contribution in [2.45, 2.75) is 12.8 Å². The average molecular weight is 319 g/mol. The van der Waals surface area contributed by atoms with Gasteiger partial charge in [0.15, 0.2) is 0 Å². The number of carbonyl (C=O) groups is 1. The van der Waals surface area contributed by atoms with Gasteiger partial charge in [0.25, 0.3) is 0 Å². The van der Waals surface area contributed by atoms with E-state index in [1.54, 1.807) is 12.1 Å². The molecule has 0 bridgehead atoms. The number of benzene rings is 1. The molecule has 3 nitrogen and oxygen atoms in total. The Labute approximate surface area is 114 Å². The van der Waals surface area contributed by atoms with E-state index in [1.807, 2.05) is 6.07 Å². The topological polar surface area (TPSA) is 38.3 Å². The Morgan fingerprint density at radius 3 is 3.06 bits per heavy atom. The van der Waals surface area contributed by atoms with Crippen LogP contribution in [0.5, 0.6) is 0 Å². The van der Waals surface area contributed by atoms with Gasteiger partial charge in [0, 0.05) is 6.61 Å². The predicted octanol–water partition coefficient (Wildman–Crippen LogP) is 3.47. The summed E-state index contributed by atoms with van der Waals surface area (Å²) < 4.78 is 6.01. The van der Waals surface area contributed by atoms with Gasteiger partial charge in [-0.1, -0.05) is 17.7 Å². The zero-order chi connectivity index (χ0) is 12.3. The second-order valence-electron chi connectivity index (χ2n) is 4.00. The Morgan fingerprint density at radius 1 is 1.53 bits per heavy atom. The largest absolute Gasteiger partial charge is 0.381 e. The second-order valence-corrected chi connectivity index (χ2v) is 5.20. The van der Waals surface area contributed by atoms with Crippen LogP contribution in [-0.2, 0) is 9.53 Å². The Morgan fingerprint density at radius 2 is 2.35 bits per heavy atom. The highest BCUT2D eigenvalue weighted by Gasteiger charge is 2.22. The minimum absolute atomic E-state index is 0.00679. The minimum Gasteiger partial charge on any atom is -0.381 e. The molecule has 1 heterocycles. The third-order valence-corrected chi connectivity index (χ3v) is 4.14. The highest BCUT2D eigenvalue weighted by Crippen LogP contribution is 2.30. The summed E-state index contributed by atoms with van der Waals surface area (Å²) in [6.45, 7) is 1.26. The number of amides is 1. The molecule has 1 unspecified atom stereocenters. The van der Waals surface area contributed by atoms with Crippen molar-refractivity contribution < 1.29 is 9.53 Å². The molecule has 17 heavy (non-hydrogen) atoms. The van der Waals surface area contributed by atoms with E-state index in [0.29, 0.717) is 21.8 Å². The van der Waals surface area contributed by atoms with Crippen LogP contribution in [0.1, 0.15) is 12.8 Å². The van der Waals surface area contributed by atoms with Crippen LogP contribution in [-0.4, -0.2) is 19.1 Å². The van der Waals surface area contributed by atoms with Gasteiger partial charge in [-0.15, -0.1) is 0 Å². The summed E-state index contributed by atoms with van der Waals surface area (Å²) in [7, 11) is 0. The van der Waals surface area contributed by atoms with Gasteiger partial charge in [-0.05, 0) is 40.9 Å². The number of rotatable bonds is 2. The Hall–Kier alpha value is -0.580. The number of hydrogen-bond acceptors (Lipinski definition) is 2. The van der Waals surface area contributed by atoms with Gasteiger partial charge in [0.2, 0.25) is 5.91 Å². The quantitative estimate of drug-likeness (QED) is 0.907. The second kappa shape index (κ2) is 5.85. The van der Waals surface area contributed by atoms with E-state index in [1.165, 1.54) is 0 Å². The molecule has 0 spiro atoms. The van der Waals surface area contributed by atoms with Gasteiger partial charge >= 0.3 is 0 Å². The van der Waals surface area contributed by atoms with Crippen molar-refractivity contribution in [3.8, 4) is 0 Å². The summed E-state index contributed by atoms with van der Waals surface area (Å²) >= 11 is 9.31. The van der Waals surface area contributed by atoms with Crippen LogP contribution in [0.4, 0.5) is 5.69 Å². The lowest BCUT2D eigenvalue weighted by atomic mass is 10.0. The van der Waals surface area contributed by atoms with Crippen LogP contribution in [0.2, 0.25) is 5.02 Å². The van der Waals surface area contributed by atoms with E-state index in [-0.39, 0.29) is 11.8 Å². The number of ether oxygens (including phenoxy) is 1. The highest BCUT2D eigenvalue weighted by molar-refractivity contribution is 9.10. The van der Waals surface area contributed by atoms with E-state index in [4.69, 9.17) is 16.3 Å². The normalized spacial score (nSPS) is 20.0. The Bertz CT molecular complexity index is 419. The lowest BCUT2D eigenvalue weighted by molar-refractivity contribution is -0.123. The van der Waals surface area contributed by atoms with Gasteiger partial charge < -0.3 is 10.1 Å². The molecule has 1 atom stereocenters. The SMILES string of the molecule is O=C(Nc1cccc(Cl)c1Br)C1CCCOC1. The summed E-state index contributed by atoms with van der Waals surface area (Å²) in [6, 6.07) is 5.39. The van der Waals surface area contributed by atoms with Crippen LogP contribution in [0.15, 0.2) is 22.7 Å². The zero-order valence-electron chi connectivity index (χ0n) is 9.21. The first kappa shape index (κ1) is 12.9. The minimum atomic E-state index is -0.0605. The maximum Gasteiger partial charge on any atom is 0.229 e. The van der Waals surface area contributed by atoms with Crippen molar-refractivity contribution in [3.63, 3.8) is 0 Å². The molecule has 0 radical (unpaired) electrons. The fraction of sp³-hybridized carbons (Fsp3) is 0.417. The molecule has 0 aliphatic carbocycles. The van der Waals surface area contributed by atoms with Crippen LogP contribution < -0.4 is 5.32 Å². The first-order valence-corrected chi connectivity index (χ1v) is 6.68. The molecule has 2 rings (SSSR count). The molecule has 1 fully saturated rings. The Balaban J connectivity index is 2.04. The predicted molar refractivity (Wildman–Crippen MR) is 71.3 cm³/mol. The third kappa shape index (κ3) is 3.21. The van der Waals surface area contributed by atoms with E-state index < -0.39 is 0 Å². The van der Waals surface area contributed by atoms with Crippen molar-refractivity contribution >= 4 is 39.1 Å². The molecular weight excluding hydrogens is 305 g/mol. The molecule has 0 saturated carbocycles. The van der Waals surface area contributed by atoms with E-state index in [2.05, 4.69) is 21.2 Å². The van der Waals surface area contributed by atoms with Crippen LogP contribution in [0.25, 0.3) is 0 Å². The van der Waals surface area contributed by atoms with Crippen LogP contribution in [0.3, 0.4) is 0 Å². The van der Waals surface area contributed by atoms with E-state index in [0.717, 1.165) is 19.4 Å². The van der Waals surface area contributed by atoms with Crippen LogP contribution in [0, 0.1) is 5.92 Å². The first-order valence-electron chi connectivity index (χ1n) is 5.51. The zero-order valence-corrected chi connectivity index (χ0v) is 11.6. The molecule has 1 N–H and O–H groups in total. The fourth-order valence-electron chi connectivity index (χ4n) is 1.78. The van der Waals surface area contributed by atoms with Gasteiger partial charge in [0.05, 0.1) is 27.7 Å². The lowest BCUT2D eigenvalue weighted by Crippen LogP contribution is -2.30. The average Bonchev–Trinajstić information content (AvgIpc) is 2.36. The summed E-state index contributed by atoms with van der Waals surface area (Å²) in [5.41, 5.74) is 0.702. The summed E-state index contributed by atoms with van der Waals surface area (Å²) in [5, 5.41) is 3.46. The maximum absolute atomic E-state index is 12.0. The number of carbonyl (C=O) groups excluding carboxylic acids is 1. The fourth-order valence-corrected chi connectivity index (χ4v) is 2.32. The van der Waals surface area contributed by atoms with E-state index >= 15 is 0 Å². The molecular formula is C12H13BrClNO2. The maximum atomic E-state index is 12.0. The lowest BCUT2D eigenvalue weighted by Gasteiger charge is -2.21. The standard InChI is InChI=1S/C12H13BrClNO2/c13-11-9(14)4-1-5-10(11)15-12(16)8-3-2-6-17-7-8/h1,4-5,8H,2-3,6-7H2,(H,15,16). The third-order valence-electron chi connectivity index (χ3n) is 2.74. The molecule has 1 amide bonds. The molecule has 5 heteroatoms. The molecule has 1 aliphatic rings. The summed E-state index contributed by atoms with van der Waals surface area (Å²) in [4.78, 5) is 12.0. The first-order chi connectivity index (χ1) is 8.18. The summed E-state index contributed by atoms with van der Waals surface area (Å²) in [6.07, 6.45) is 1.82. The van der Waals surface area contributed by atoms with Crippen molar-refractivity contribution in [3.05, 3.63) is 27.7 Å². The monoisotopic (exact) mass is 317 g/mol. The summed E-state index contributed by atoms with van der Waals surface area (Å²) in [5.74, 6) is -0.0673. The van der Waals surface area contributed by atoms with Crippen LogP contribution >= 0.6 is 27.5 Å². The molecule has 92 valence electrons. The molecule has 1 aromatic carbocycles. The smallest absolute Gasteiger partial charge is 0.229 e.